The van der Waals surface area contributed by atoms with E-state index in [9.17, 15) is 9.59 Å². The van der Waals surface area contributed by atoms with Gasteiger partial charge in [0.05, 0.1) is 5.69 Å². The summed E-state index contributed by atoms with van der Waals surface area (Å²) in [6, 6.07) is 29.0. The molecule has 0 heterocycles. The Balaban J connectivity index is 1.47. The van der Waals surface area contributed by atoms with Crippen molar-refractivity contribution in [1.29, 1.82) is 0 Å². The number of hydrogen-bond acceptors (Lipinski definition) is 2. The Bertz CT molecular complexity index is 1300. The van der Waals surface area contributed by atoms with Crippen LogP contribution in [0.2, 0.25) is 0 Å². The van der Waals surface area contributed by atoms with Crippen LogP contribution in [-0.2, 0) is 4.79 Å². The molecular weight excluding hydrogens is 408 g/mol. The number of fused-ring (bicyclic) bond motifs is 1. The first-order chi connectivity index (χ1) is 16.0. The van der Waals surface area contributed by atoms with Crippen molar-refractivity contribution in [1.82, 2.24) is 0 Å². The van der Waals surface area contributed by atoms with Crippen LogP contribution in [-0.4, -0.2) is 18.4 Å². The van der Waals surface area contributed by atoms with Crippen LogP contribution in [0.1, 0.15) is 28.4 Å². The van der Waals surface area contributed by atoms with Crippen LogP contribution in [0.5, 0.6) is 0 Å². The van der Waals surface area contributed by atoms with Gasteiger partial charge in [0, 0.05) is 29.3 Å². The molecule has 4 aromatic carbocycles. The van der Waals surface area contributed by atoms with Crippen molar-refractivity contribution >= 4 is 40.0 Å². The first-order valence-corrected chi connectivity index (χ1v) is 11.0. The number of carbonyl (C=O) groups is 2. The molecule has 2 amide bonds. The second-order valence-corrected chi connectivity index (χ2v) is 7.86. The quantitative estimate of drug-likeness (QED) is 0.354. The molecule has 0 atom stereocenters. The maximum atomic E-state index is 13.3. The highest BCUT2D eigenvalue weighted by atomic mass is 16.2. The first kappa shape index (κ1) is 22.0. The molecule has 4 aromatic rings. The highest BCUT2D eigenvalue weighted by Gasteiger charge is 2.18. The molecule has 1 N–H and O–H groups in total. The first-order valence-electron chi connectivity index (χ1n) is 11.0. The molecule has 33 heavy (non-hydrogen) atoms. The molecule has 0 saturated heterocycles. The number of aryl methyl sites for hydroxylation is 1. The van der Waals surface area contributed by atoms with Crippen LogP contribution < -0.4 is 10.2 Å². The molecule has 0 unspecified atom stereocenters. The molecule has 4 heteroatoms. The Morgan fingerprint density at radius 1 is 0.848 bits per heavy atom. The summed E-state index contributed by atoms with van der Waals surface area (Å²) in [5.74, 6) is -0.299. The molecule has 0 aromatic heterocycles. The Morgan fingerprint density at radius 3 is 2.27 bits per heavy atom. The summed E-state index contributed by atoms with van der Waals surface area (Å²) in [4.78, 5) is 27.3. The number of nitrogens with one attached hydrogen (secondary N) is 1. The van der Waals surface area contributed by atoms with Gasteiger partial charge >= 0.3 is 0 Å². The van der Waals surface area contributed by atoms with Crippen LogP contribution >= 0.6 is 0 Å². The van der Waals surface area contributed by atoms with Crippen molar-refractivity contribution in [2.24, 2.45) is 0 Å². The predicted octanol–water partition coefficient (Wildman–Crippen LogP) is 6.47. The van der Waals surface area contributed by atoms with Crippen molar-refractivity contribution < 1.29 is 9.59 Å². The van der Waals surface area contributed by atoms with E-state index in [4.69, 9.17) is 0 Å². The summed E-state index contributed by atoms with van der Waals surface area (Å²) in [7, 11) is 0. The Kier molecular flexibility index (Phi) is 6.65. The number of carbonyl (C=O) groups excluding carboxylic acids is 2. The maximum absolute atomic E-state index is 13.3. The topological polar surface area (TPSA) is 49.4 Å². The van der Waals surface area contributed by atoms with E-state index in [1.807, 2.05) is 80.6 Å². The van der Waals surface area contributed by atoms with Crippen LogP contribution in [0.3, 0.4) is 0 Å². The van der Waals surface area contributed by atoms with E-state index in [2.05, 4.69) is 5.32 Å². The van der Waals surface area contributed by atoms with E-state index in [-0.39, 0.29) is 11.8 Å². The van der Waals surface area contributed by atoms with Gasteiger partial charge in [0.25, 0.3) is 5.91 Å². The van der Waals surface area contributed by atoms with Crippen LogP contribution in [0.4, 0.5) is 11.4 Å². The highest BCUT2D eigenvalue weighted by Crippen LogP contribution is 2.28. The third-order valence-corrected chi connectivity index (χ3v) is 5.52. The fourth-order valence-corrected chi connectivity index (χ4v) is 3.75. The van der Waals surface area contributed by atoms with Gasteiger partial charge in [-0.15, -0.1) is 0 Å². The summed E-state index contributed by atoms with van der Waals surface area (Å²) in [5.41, 5.74) is 4.23. The zero-order chi connectivity index (χ0) is 23.2. The minimum Gasteiger partial charge on any atom is -0.323 e. The number of anilines is 2. The molecule has 0 fully saturated rings. The smallest absolute Gasteiger partial charge is 0.258 e. The van der Waals surface area contributed by atoms with E-state index in [0.717, 1.165) is 22.0 Å². The zero-order valence-electron chi connectivity index (χ0n) is 18.8. The van der Waals surface area contributed by atoms with Gasteiger partial charge in [-0.05, 0) is 61.2 Å². The molecule has 0 aliphatic rings. The largest absolute Gasteiger partial charge is 0.323 e. The van der Waals surface area contributed by atoms with Gasteiger partial charge in [-0.1, -0.05) is 66.2 Å². The third kappa shape index (κ3) is 5.18. The number of rotatable bonds is 6. The lowest BCUT2D eigenvalue weighted by Crippen LogP contribution is -2.30. The standard InChI is InChI=1S/C29H26N2O2/c1-3-31(27-10-6-8-23-7-4-5-9-26(23)27)29(33)24-16-18-25(19-17-24)30-28(32)20-15-22-13-11-21(2)12-14-22/h4-20H,3H2,1-2H3,(H,30,32). The number of amides is 2. The molecular formula is C29H26N2O2. The van der Waals surface area contributed by atoms with E-state index in [1.54, 1.807) is 35.2 Å². The van der Waals surface area contributed by atoms with Gasteiger partial charge in [0.1, 0.15) is 0 Å². The van der Waals surface area contributed by atoms with Crippen molar-refractivity contribution in [3.8, 4) is 0 Å². The summed E-state index contributed by atoms with van der Waals surface area (Å²) in [6.07, 6.45) is 3.28. The number of hydrogen-bond donors (Lipinski definition) is 1. The Labute approximate surface area is 194 Å². The number of nitrogens with zero attached hydrogens (tertiary/aromatic N) is 1. The summed E-state index contributed by atoms with van der Waals surface area (Å²) >= 11 is 0. The SMILES string of the molecule is CCN(C(=O)c1ccc(NC(=O)C=Cc2ccc(C)cc2)cc1)c1cccc2ccccc12. The van der Waals surface area contributed by atoms with E-state index >= 15 is 0 Å². The lowest BCUT2D eigenvalue weighted by molar-refractivity contribution is -0.111. The molecule has 0 aliphatic carbocycles. The molecule has 0 radical (unpaired) electrons. The van der Waals surface area contributed by atoms with E-state index in [0.29, 0.717) is 17.8 Å². The van der Waals surface area contributed by atoms with Gasteiger partial charge in [-0.3, -0.25) is 9.59 Å². The molecule has 4 nitrogen and oxygen atoms in total. The molecule has 0 spiro atoms. The van der Waals surface area contributed by atoms with Crippen LogP contribution in [0.25, 0.3) is 16.8 Å². The minimum absolute atomic E-state index is 0.0778. The van der Waals surface area contributed by atoms with Crippen LogP contribution in [0, 0.1) is 6.92 Å². The fourth-order valence-electron chi connectivity index (χ4n) is 3.75. The molecule has 0 aliphatic heterocycles. The van der Waals surface area contributed by atoms with Gasteiger partial charge < -0.3 is 10.2 Å². The second kappa shape index (κ2) is 9.96. The average molecular weight is 435 g/mol. The zero-order valence-corrected chi connectivity index (χ0v) is 18.8. The highest BCUT2D eigenvalue weighted by molar-refractivity contribution is 6.11. The fraction of sp³-hybridized carbons (Fsp3) is 0.103. The maximum Gasteiger partial charge on any atom is 0.258 e. The van der Waals surface area contributed by atoms with Crippen LogP contribution in [0.15, 0.2) is 97.1 Å². The third-order valence-electron chi connectivity index (χ3n) is 5.52. The monoisotopic (exact) mass is 434 g/mol. The van der Waals surface area contributed by atoms with Crippen molar-refractivity contribution in [3.05, 3.63) is 114 Å². The lowest BCUT2D eigenvalue weighted by Gasteiger charge is -2.23. The molecule has 0 bridgehead atoms. The molecule has 164 valence electrons. The van der Waals surface area contributed by atoms with Crippen molar-refractivity contribution in [2.45, 2.75) is 13.8 Å². The lowest BCUT2D eigenvalue weighted by atomic mass is 10.1. The summed E-state index contributed by atoms with van der Waals surface area (Å²) in [5, 5.41) is 4.97. The Hall–Kier alpha value is -4.18. The van der Waals surface area contributed by atoms with Gasteiger partial charge in [-0.2, -0.15) is 0 Å². The Morgan fingerprint density at radius 2 is 1.55 bits per heavy atom. The second-order valence-electron chi connectivity index (χ2n) is 7.86. The molecule has 4 rings (SSSR count). The average Bonchev–Trinajstić information content (AvgIpc) is 2.85. The van der Waals surface area contributed by atoms with Crippen molar-refractivity contribution in [3.63, 3.8) is 0 Å². The normalized spacial score (nSPS) is 11.0. The van der Waals surface area contributed by atoms with E-state index < -0.39 is 0 Å². The van der Waals surface area contributed by atoms with Gasteiger partial charge in [-0.25, -0.2) is 0 Å². The van der Waals surface area contributed by atoms with Gasteiger partial charge in [0.2, 0.25) is 5.91 Å². The summed E-state index contributed by atoms with van der Waals surface area (Å²) in [6.45, 7) is 4.54. The predicted molar refractivity (Wildman–Crippen MR) is 137 cm³/mol. The van der Waals surface area contributed by atoms with Gasteiger partial charge in [0.15, 0.2) is 0 Å². The molecule has 0 saturated carbocycles. The van der Waals surface area contributed by atoms with Crippen molar-refractivity contribution in [2.75, 3.05) is 16.8 Å². The van der Waals surface area contributed by atoms with E-state index in [1.165, 1.54) is 11.6 Å². The minimum atomic E-state index is -0.222. The summed E-state index contributed by atoms with van der Waals surface area (Å²) < 4.78 is 0. The number of benzene rings is 4.